The maximum Gasteiger partial charge on any atom is 0.257 e. The Bertz CT molecular complexity index is 607. The summed E-state index contributed by atoms with van der Waals surface area (Å²) < 4.78 is 7.15. The first kappa shape index (κ1) is 13.9. The summed E-state index contributed by atoms with van der Waals surface area (Å²) in [5.41, 5.74) is 7.55. The molecule has 0 aliphatic rings. The third-order valence-corrected chi connectivity index (χ3v) is 2.94. The lowest BCUT2D eigenvalue weighted by Gasteiger charge is -2.12. The van der Waals surface area contributed by atoms with Crippen molar-refractivity contribution in [2.75, 3.05) is 12.3 Å². The Morgan fingerprint density at radius 2 is 2.25 bits per heavy atom. The van der Waals surface area contributed by atoms with E-state index >= 15 is 0 Å². The van der Waals surface area contributed by atoms with Gasteiger partial charge in [0.05, 0.1) is 18.8 Å². The largest absolute Gasteiger partial charge is 0.493 e. The molecule has 3 N–H and O–H groups in total. The summed E-state index contributed by atoms with van der Waals surface area (Å²) in [6.45, 7) is 2.72. The highest BCUT2D eigenvalue weighted by Gasteiger charge is 2.16. The van der Waals surface area contributed by atoms with Crippen LogP contribution in [-0.4, -0.2) is 22.3 Å². The first-order chi connectivity index (χ1) is 9.63. The number of anilines is 1. The van der Waals surface area contributed by atoms with Crippen LogP contribution in [0.3, 0.4) is 0 Å². The van der Waals surface area contributed by atoms with E-state index in [1.165, 1.54) is 0 Å². The van der Waals surface area contributed by atoms with Gasteiger partial charge >= 0.3 is 0 Å². The molecule has 2 rings (SSSR count). The average Bonchev–Trinajstić information content (AvgIpc) is 2.82. The van der Waals surface area contributed by atoms with E-state index in [1.54, 1.807) is 29.1 Å². The van der Waals surface area contributed by atoms with Gasteiger partial charge < -0.3 is 15.8 Å². The SMILES string of the molecule is CCOc1cccc(N)c1C(=O)NCc1ccnn1C. The topological polar surface area (TPSA) is 82.2 Å². The molecule has 6 nitrogen and oxygen atoms in total. The molecule has 0 unspecified atom stereocenters. The van der Waals surface area contributed by atoms with Gasteiger partial charge in [0.25, 0.3) is 5.91 Å². The van der Waals surface area contributed by atoms with Gasteiger partial charge in [-0.05, 0) is 25.1 Å². The minimum atomic E-state index is -0.257. The zero-order chi connectivity index (χ0) is 14.5. The van der Waals surface area contributed by atoms with Crippen LogP contribution in [0.25, 0.3) is 0 Å². The lowest BCUT2D eigenvalue weighted by molar-refractivity contribution is 0.0947. The van der Waals surface area contributed by atoms with E-state index < -0.39 is 0 Å². The van der Waals surface area contributed by atoms with E-state index in [2.05, 4.69) is 10.4 Å². The predicted octanol–water partition coefficient (Wildman–Crippen LogP) is 1.33. The summed E-state index contributed by atoms with van der Waals surface area (Å²) >= 11 is 0. The molecule has 1 aromatic carbocycles. The molecule has 0 aliphatic heterocycles. The molecule has 0 fully saturated rings. The van der Waals surface area contributed by atoms with Gasteiger partial charge in [0.1, 0.15) is 11.3 Å². The lowest BCUT2D eigenvalue weighted by atomic mass is 10.1. The van der Waals surface area contributed by atoms with E-state index in [-0.39, 0.29) is 5.91 Å². The van der Waals surface area contributed by atoms with E-state index in [0.29, 0.717) is 30.2 Å². The summed E-state index contributed by atoms with van der Waals surface area (Å²) in [6.07, 6.45) is 1.68. The number of nitrogens with zero attached hydrogens (tertiary/aromatic N) is 2. The molecular weight excluding hydrogens is 256 g/mol. The number of nitrogens with one attached hydrogen (secondary N) is 1. The summed E-state index contributed by atoms with van der Waals surface area (Å²) in [4.78, 5) is 12.3. The first-order valence-corrected chi connectivity index (χ1v) is 6.39. The number of hydrogen-bond donors (Lipinski definition) is 2. The van der Waals surface area contributed by atoms with Gasteiger partial charge in [-0.1, -0.05) is 6.07 Å². The van der Waals surface area contributed by atoms with Crippen LogP contribution in [0.2, 0.25) is 0 Å². The van der Waals surface area contributed by atoms with Crippen LogP contribution in [0.5, 0.6) is 5.75 Å². The Morgan fingerprint density at radius 3 is 2.90 bits per heavy atom. The second-order valence-corrected chi connectivity index (χ2v) is 4.28. The van der Waals surface area contributed by atoms with Crippen molar-refractivity contribution in [3.05, 3.63) is 41.7 Å². The number of nitrogens with two attached hydrogens (primary N) is 1. The molecule has 2 aromatic rings. The number of nitrogen functional groups attached to an aromatic ring is 1. The van der Waals surface area contributed by atoms with Crippen molar-refractivity contribution in [1.29, 1.82) is 0 Å². The molecule has 0 aliphatic carbocycles. The smallest absolute Gasteiger partial charge is 0.257 e. The highest BCUT2D eigenvalue weighted by Crippen LogP contribution is 2.24. The van der Waals surface area contributed by atoms with Gasteiger partial charge in [-0.2, -0.15) is 5.10 Å². The Balaban J connectivity index is 2.15. The van der Waals surface area contributed by atoms with E-state index in [1.807, 2.05) is 20.0 Å². The van der Waals surface area contributed by atoms with Gasteiger partial charge in [0.15, 0.2) is 0 Å². The first-order valence-electron chi connectivity index (χ1n) is 6.39. The summed E-state index contributed by atoms with van der Waals surface area (Å²) in [7, 11) is 1.82. The second kappa shape index (κ2) is 6.10. The number of rotatable bonds is 5. The van der Waals surface area contributed by atoms with Gasteiger partial charge in [-0.15, -0.1) is 0 Å². The molecule has 0 atom stereocenters. The minimum Gasteiger partial charge on any atom is -0.493 e. The number of carbonyl (C=O) groups excluding carboxylic acids is 1. The number of aryl methyl sites for hydroxylation is 1. The van der Waals surface area contributed by atoms with Gasteiger partial charge in [-0.3, -0.25) is 9.48 Å². The number of ether oxygens (including phenoxy) is 1. The molecule has 1 aromatic heterocycles. The van der Waals surface area contributed by atoms with Gasteiger partial charge in [0, 0.05) is 18.9 Å². The fourth-order valence-corrected chi connectivity index (χ4v) is 1.90. The zero-order valence-corrected chi connectivity index (χ0v) is 11.6. The fraction of sp³-hybridized carbons (Fsp3) is 0.286. The quantitative estimate of drug-likeness (QED) is 0.806. The Hall–Kier alpha value is -2.50. The molecule has 0 spiro atoms. The Morgan fingerprint density at radius 1 is 1.45 bits per heavy atom. The molecule has 106 valence electrons. The summed E-state index contributed by atoms with van der Waals surface area (Å²) in [6, 6.07) is 7.02. The number of amides is 1. The number of hydrogen-bond acceptors (Lipinski definition) is 4. The predicted molar refractivity (Wildman–Crippen MR) is 76.4 cm³/mol. The van der Waals surface area contributed by atoms with E-state index in [4.69, 9.17) is 10.5 Å². The molecule has 6 heteroatoms. The molecular formula is C14H18N4O2. The van der Waals surface area contributed by atoms with E-state index in [0.717, 1.165) is 5.69 Å². The van der Waals surface area contributed by atoms with Crippen molar-refractivity contribution in [1.82, 2.24) is 15.1 Å². The number of carbonyl (C=O) groups is 1. The summed E-state index contributed by atoms with van der Waals surface area (Å²) in [5, 5.41) is 6.87. The number of aromatic nitrogens is 2. The zero-order valence-electron chi connectivity index (χ0n) is 11.6. The Labute approximate surface area is 117 Å². The molecule has 0 radical (unpaired) electrons. The van der Waals surface area contributed by atoms with Crippen LogP contribution in [0.15, 0.2) is 30.5 Å². The van der Waals surface area contributed by atoms with Crippen molar-refractivity contribution in [2.24, 2.45) is 7.05 Å². The van der Waals surface area contributed by atoms with Crippen LogP contribution in [0.1, 0.15) is 23.0 Å². The maximum absolute atomic E-state index is 12.3. The van der Waals surface area contributed by atoms with Crippen LogP contribution in [-0.2, 0) is 13.6 Å². The van der Waals surface area contributed by atoms with Crippen molar-refractivity contribution in [2.45, 2.75) is 13.5 Å². The minimum absolute atomic E-state index is 0.257. The van der Waals surface area contributed by atoms with Crippen LogP contribution >= 0.6 is 0 Å². The lowest BCUT2D eigenvalue weighted by Crippen LogP contribution is -2.25. The molecule has 0 saturated heterocycles. The van der Waals surface area contributed by atoms with E-state index in [9.17, 15) is 4.79 Å². The van der Waals surface area contributed by atoms with Crippen molar-refractivity contribution < 1.29 is 9.53 Å². The molecule has 0 saturated carbocycles. The average molecular weight is 274 g/mol. The standard InChI is InChI=1S/C14H18N4O2/c1-3-20-12-6-4-5-11(15)13(12)14(19)16-9-10-7-8-17-18(10)2/h4-8H,3,9,15H2,1-2H3,(H,16,19). The molecule has 0 bridgehead atoms. The Kier molecular flexibility index (Phi) is 4.24. The highest BCUT2D eigenvalue weighted by molar-refractivity contribution is 6.01. The molecule has 20 heavy (non-hydrogen) atoms. The second-order valence-electron chi connectivity index (χ2n) is 4.28. The normalized spacial score (nSPS) is 10.3. The van der Waals surface area contributed by atoms with Crippen molar-refractivity contribution in [3.8, 4) is 5.75 Å². The van der Waals surface area contributed by atoms with Crippen LogP contribution < -0.4 is 15.8 Å². The number of benzene rings is 1. The van der Waals surface area contributed by atoms with Crippen molar-refractivity contribution in [3.63, 3.8) is 0 Å². The van der Waals surface area contributed by atoms with Gasteiger partial charge in [-0.25, -0.2) is 0 Å². The third kappa shape index (κ3) is 2.90. The highest BCUT2D eigenvalue weighted by atomic mass is 16.5. The van der Waals surface area contributed by atoms with Crippen LogP contribution in [0.4, 0.5) is 5.69 Å². The maximum atomic E-state index is 12.3. The molecule has 1 heterocycles. The third-order valence-electron chi connectivity index (χ3n) is 2.94. The van der Waals surface area contributed by atoms with Gasteiger partial charge in [0.2, 0.25) is 0 Å². The summed E-state index contributed by atoms with van der Waals surface area (Å²) in [5.74, 6) is 0.239. The van der Waals surface area contributed by atoms with Crippen molar-refractivity contribution >= 4 is 11.6 Å². The fourth-order valence-electron chi connectivity index (χ4n) is 1.90. The van der Waals surface area contributed by atoms with Crippen LogP contribution in [0, 0.1) is 0 Å². The monoisotopic (exact) mass is 274 g/mol. The molecule has 1 amide bonds.